The Kier molecular flexibility index (Phi) is 4.22. The topological polar surface area (TPSA) is 22.5 Å². The van der Waals surface area contributed by atoms with Crippen LogP contribution in [0.15, 0.2) is 150 Å². The van der Waals surface area contributed by atoms with Gasteiger partial charge >= 0.3 is 0 Å². The molecule has 0 N–H and O–H groups in total. The smallest absolute Gasteiger partial charge is 0.135 e. The third-order valence-corrected chi connectivity index (χ3v) is 10.6. The van der Waals surface area contributed by atoms with E-state index in [1.54, 1.807) is 0 Å². The summed E-state index contributed by atoms with van der Waals surface area (Å²) in [6.07, 6.45) is 0. The standard InChI is InChI=1S/C44H24N2O/c1-3-12-34-30(10-1)32-19-21-37-43-42-36(20-17-26-16-15-25-7-6-13-35(40(25)41(26)42)46(34)44(32)43)45(37)29-9-5-8-27(23-29)28-18-22-39-33(24-28)31-11-2-4-14-38(31)47-39/h1-24H. The van der Waals surface area contributed by atoms with Gasteiger partial charge in [-0.25, -0.2) is 0 Å². The predicted molar refractivity (Wildman–Crippen MR) is 197 cm³/mol. The Morgan fingerprint density at radius 3 is 2.06 bits per heavy atom. The molecule has 47 heavy (non-hydrogen) atoms. The zero-order valence-corrected chi connectivity index (χ0v) is 25.2. The Morgan fingerprint density at radius 2 is 1.11 bits per heavy atom. The zero-order chi connectivity index (χ0) is 30.4. The van der Waals surface area contributed by atoms with E-state index in [1.165, 1.54) is 81.8 Å². The van der Waals surface area contributed by atoms with Crippen LogP contribution in [-0.4, -0.2) is 8.97 Å². The molecule has 4 aromatic heterocycles. The minimum absolute atomic E-state index is 0.917. The lowest BCUT2D eigenvalue weighted by atomic mass is 9.97. The fraction of sp³-hybridized carbons (Fsp3) is 0. The molecule has 0 unspecified atom stereocenters. The lowest BCUT2D eigenvalue weighted by Gasteiger charge is -2.12. The van der Waals surface area contributed by atoms with Crippen LogP contribution >= 0.6 is 0 Å². The molecule has 0 aliphatic carbocycles. The van der Waals surface area contributed by atoms with E-state index in [9.17, 15) is 0 Å². The lowest BCUT2D eigenvalue weighted by molar-refractivity contribution is 0.669. The molecular weight excluding hydrogens is 572 g/mol. The number of rotatable bonds is 2. The molecule has 8 aromatic carbocycles. The SMILES string of the molecule is c1cc(-c2ccc3oc4ccccc4c3c2)cc(-n2c3ccc4ccc5cccc6c5c4c3c3c2ccc2c4ccccc4n6c23)c1. The van der Waals surface area contributed by atoms with Crippen LogP contribution in [-0.2, 0) is 0 Å². The fourth-order valence-corrected chi connectivity index (χ4v) is 8.66. The van der Waals surface area contributed by atoms with Crippen molar-refractivity contribution in [3.05, 3.63) is 146 Å². The van der Waals surface area contributed by atoms with Gasteiger partial charge in [0.1, 0.15) is 11.2 Å². The minimum Gasteiger partial charge on any atom is -0.456 e. The summed E-state index contributed by atoms with van der Waals surface area (Å²) in [6, 6.07) is 53.3. The summed E-state index contributed by atoms with van der Waals surface area (Å²) in [5, 5.41) is 12.7. The Morgan fingerprint density at radius 1 is 0.383 bits per heavy atom. The van der Waals surface area contributed by atoms with Crippen molar-refractivity contribution in [3.63, 3.8) is 0 Å². The molecule has 0 amide bonds. The quantitative estimate of drug-likeness (QED) is 0.182. The Hall–Kier alpha value is -6.32. The van der Waals surface area contributed by atoms with Gasteiger partial charge in [0.25, 0.3) is 0 Å². The second-order valence-corrected chi connectivity index (χ2v) is 12.9. The molecule has 0 saturated carbocycles. The molecular formula is C44H24N2O. The maximum atomic E-state index is 6.14. The van der Waals surface area contributed by atoms with E-state index in [-0.39, 0.29) is 0 Å². The first-order valence-corrected chi connectivity index (χ1v) is 16.2. The van der Waals surface area contributed by atoms with Crippen LogP contribution in [0, 0.1) is 0 Å². The number of furan rings is 1. The summed E-state index contributed by atoms with van der Waals surface area (Å²) >= 11 is 0. The van der Waals surface area contributed by atoms with E-state index in [4.69, 9.17) is 4.42 Å². The first-order valence-electron chi connectivity index (χ1n) is 16.2. The summed E-state index contributed by atoms with van der Waals surface area (Å²) in [5.74, 6) is 0. The van der Waals surface area contributed by atoms with Gasteiger partial charge in [-0.2, -0.15) is 0 Å². The second kappa shape index (κ2) is 8.28. The second-order valence-electron chi connectivity index (χ2n) is 12.9. The van der Waals surface area contributed by atoms with Gasteiger partial charge in [-0.3, -0.25) is 0 Å². The molecule has 0 bridgehead atoms. The van der Waals surface area contributed by atoms with Crippen molar-refractivity contribution >= 4 is 92.6 Å². The first-order chi connectivity index (χ1) is 23.3. The van der Waals surface area contributed by atoms with Crippen LogP contribution < -0.4 is 0 Å². The highest BCUT2D eigenvalue weighted by molar-refractivity contribution is 6.37. The zero-order valence-electron chi connectivity index (χ0n) is 25.2. The van der Waals surface area contributed by atoms with Gasteiger partial charge in [0.15, 0.2) is 0 Å². The van der Waals surface area contributed by atoms with E-state index in [1.807, 2.05) is 12.1 Å². The summed E-state index contributed by atoms with van der Waals surface area (Å²) in [7, 11) is 0. The Bertz CT molecular complexity index is 3240. The van der Waals surface area contributed by atoms with Crippen molar-refractivity contribution < 1.29 is 4.42 Å². The van der Waals surface area contributed by atoms with Crippen LogP contribution in [0.5, 0.6) is 0 Å². The largest absolute Gasteiger partial charge is 0.456 e. The van der Waals surface area contributed by atoms with Crippen LogP contribution in [0.25, 0.3) is 109 Å². The van der Waals surface area contributed by atoms with Crippen molar-refractivity contribution in [1.82, 2.24) is 8.97 Å². The molecule has 12 rings (SSSR count). The van der Waals surface area contributed by atoms with E-state index < -0.39 is 0 Å². The van der Waals surface area contributed by atoms with Gasteiger partial charge in [-0.1, -0.05) is 91.0 Å². The third kappa shape index (κ3) is 2.89. The van der Waals surface area contributed by atoms with Crippen molar-refractivity contribution in [2.45, 2.75) is 0 Å². The molecule has 0 saturated heterocycles. The molecule has 0 spiro atoms. The number of hydrogen-bond acceptors (Lipinski definition) is 1. The van der Waals surface area contributed by atoms with Gasteiger partial charge < -0.3 is 13.4 Å². The number of fused-ring (bicyclic) bond motifs is 7. The van der Waals surface area contributed by atoms with E-state index in [0.29, 0.717) is 0 Å². The third-order valence-electron chi connectivity index (χ3n) is 10.6. The highest BCUT2D eigenvalue weighted by atomic mass is 16.3. The van der Waals surface area contributed by atoms with Crippen LogP contribution in [0.4, 0.5) is 0 Å². The molecule has 3 nitrogen and oxygen atoms in total. The van der Waals surface area contributed by atoms with Crippen LogP contribution in [0.2, 0.25) is 0 Å². The lowest BCUT2D eigenvalue weighted by Crippen LogP contribution is -1.95. The van der Waals surface area contributed by atoms with Gasteiger partial charge in [0, 0.05) is 48.8 Å². The van der Waals surface area contributed by atoms with Crippen LogP contribution in [0.3, 0.4) is 0 Å². The van der Waals surface area contributed by atoms with Gasteiger partial charge in [-0.15, -0.1) is 0 Å². The normalized spacial score (nSPS) is 12.7. The number of para-hydroxylation sites is 2. The molecule has 0 aliphatic rings. The molecule has 12 aromatic rings. The number of hydrogen-bond donors (Lipinski definition) is 0. The molecule has 3 heteroatoms. The van der Waals surface area contributed by atoms with Crippen molar-refractivity contribution in [2.75, 3.05) is 0 Å². The van der Waals surface area contributed by atoms with Gasteiger partial charge in [-0.05, 0) is 76.5 Å². The summed E-state index contributed by atoms with van der Waals surface area (Å²) in [4.78, 5) is 0. The number of benzene rings is 8. The Labute approximate surface area is 267 Å². The van der Waals surface area contributed by atoms with E-state index in [2.05, 4.69) is 142 Å². The molecule has 0 atom stereocenters. The molecule has 0 radical (unpaired) electrons. The predicted octanol–water partition coefficient (Wildman–Crippen LogP) is 12.1. The van der Waals surface area contributed by atoms with Gasteiger partial charge in [0.2, 0.25) is 0 Å². The molecule has 216 valence electrons. The maximum Gasteiger partial charge on any atom is 0.135 e. The van der Waals surface area contributed by atoms with Gasteiger partial charge in [0.05, 0.1) is 27.6 Å². The monoisotopic (exact) mass is 596 g/mol. The van der Waals surface area contributed by atoms with E-state index >= 15 is 0 Å². The average Bonchev–Trinajstić information content (AvgIpc) is 3.75. The fourth-order valence-electron chi connectivity index (χ4n) is 8.66. The minimum atomic E-state index is 0.917. The van der Waals surface area contributed by atoms with Crippen LogP contribution in [0.1, 0.15) is 0 Å². The number of aromatic nitrogens is 2. The van der Waals surface area contributed by atoms with E-state index in [0.717, 1.165) is 27.6 Å². The molecule has 0 fully saturated rings. The Balaban J connectivity index is 1.23. The first kappa shape index (κ1) is 24.0. The van der Waals surface area contributed by atoms with Crippen molar-refractivity contribution in [3.8, 4) is 16.8 Å². The molecule has 4 heterocycles. The summed E-state index contributed by atoms with van der Waals surface area (Å²) in [5.41, 5.74) is 11.6. The molecule has 0 aliphatic heterocycles. The van der Waals surface area contributed by atoms with Crippen molar-refractivity contribution in [1.29, 1.82) is 0 Å². The summed E-state index contributed by atoms with van der Waals surface area (Å²) < 4.78 is 11.1. The summed E-state index contributed by atoms with van der Waals surface area (Å²) in [6.45, 7) is 0. The highest BCUT2D eigenvalue weighted by Crippen LogP contribution is 2.47. The maximum absolute atomic E-state index is 6.14. The van der Waals surface area contributed by atoms with Crippen molar-refractivity contribution in [2.24, 2.45) is 0 Å². The highest BCUT2D eigenvalue weighted by Gasteiger charge is 2.24. The average molecular weight is 597 g/mol. The number of nitrogens with zero attached hydrogens (tertiary/aromatic N) is 2.